The SMILES string of the molecule is CCN(CC(O)c1ccc(C)cc1)C(=O)Nc1cccc(OC)c1. The largest absolute Gasteiger partial charge is 0.497 e. The summed E-state index contributed by atoms with van der Waals surface area (Å²) in [6.45, 7) is 4.61. The van der Waals surface area contributed by atoms with Crippen molar-refractivity contribution in [1.29, 1.82) is 0 Å². The summed E-state index contributed by atoms with van der Waals surface area (Å²) in [5, 5.41) is 13.2. The summed E-state index contributed by atoms with van der Waals surface area (Å²) in [7, 11) is 1.58. The number of hydrogen-bond donors (Lipinski definition) is 2. The molecule has 24 heavy (non-hydrogen) atoms. The lowest BCUT2D eigenvalue weighted by atomic mass is 10.1. The van der Waals surface area contributed by atoms with Gasteiger partial charge >= 0.3 is 6.03 Å². The van der Waals surface area contributed by atoms with Crippen LogP contribution in [0, 0.1) is 6.92 Å². The number of benzene rings is 2. The van der Waals surface area contributed by atoms with Crippen molar-refractivity contribution in [2.75, 3.05) is 25.5 Å². The molecule has 0 radical (unpaired) electrons. The number of hydrogen-bond acceptors (Lipinski definition) is 3. The quantitative estimate of drug-likeness (QED) is 0.852. The summed E-state index contributed by atoms with van der Waals surface area (Å²) in [4.78, 5) is 14.0. The number of amides is 2. The third kappa shape index (κ3) is 4.73. The molecule has 2 rings (SSSR count). The molecule has 2 N–H and O–H groups in total. The van der Waals surface area contributed by atoms with Crippen LogP contribution in [0.5, 0.6) is 5.75 Å². The van der Waals surface area contributed by atoms with E-state index in [1.54, 1.807) is 24.1 Å². The Bertz CT molecular complexity index is 671. The third-order valence-electron chi connectivity index (χ3n) is 3.85. The Morgan fingerprint density at radius 2 is 1.96 bits per heavy atom. The normalized spacial score (nSPS) is 11.7. The first-order valence-electron chi connectivity index (χ1n) is 7.98. The minimum absolute atomic E-state index is 0.232. The van der Waals surface area contributed by atoms with Crippen molar-refractivity contribution in [2.45, 2.75) is 20.0 Å². The van der Waals surface area contributed by atoms with Gasteiger partial charge in [-0.05, 0) is 31.5 Å². The van der Waals surface area contributed by atoms with E-state index in [2.05, 4.69) is 5.32 Å². The van der Waals surface area contributed by atoms with Crippen molar-refractivity contribution < 1.29 is 14.6 Å². The molecule has 0 aliphatic rings. The highest BCUT2D eigenvalue weighted by molar-refractivity contribution is 5.89. The number of methoxy groups -OCH3 is 1. The van der Waals surface area contributed by atoms with Crippen LogP contribution in [0.25, 0.3) is 0 Å². The Labute approximate surface area is 142 Å². The molecular formula is C19H24N2O3. The molecule has 0 aromatic heterocycles. The second kappa shape index (κ2) is 8.36. The zero-order valence-corrected chi connectivity index (χ0v) is 14.3. The highest BCUT2D eigenvalue weighted by Crippen LogP contribution is 2.19. The van der Waals surface area contributed by atoms with Gasteiger partial charge in [-0.15, -0.1) is 0 Å². The molecule has 5 nitrogen and oxygen atoms in total. The van der Waals surface area contributed by atoms with E-state index in [0.29, 0.717) is 18.0 Å². The van der Waals surface area contributed by atoms with Gasteiger partial charge in [-0.1, -0.05) is 35.9 Å². The zero-order valence-electron chi connectivity index (χ0n) is 14.3. The molecule has 0 spiro atoms. The van der Waals surface area contributed by atoms with Crippen molar-refractivity contribution in [3.8, 4) is 5.75 Å². The summed E-state index contributed by atoms with van der Waals surface area (Å²) >= 11 is 0. The average Bonchev–Trinajstić information content (AvgIpc) is 2.60. The van der Waals surface area contributed by atoms with E-state index in [4.69, 9.17) is 4.74 Å². The molecule has 0 saturated carbocycles. The number of nitrogens with zero attached hydrogens (tertiary/aromatic N) is 1. The van der Waals surface area contributed by atoms with E-state index < -0.39 is 6.10 Å². The van der Waals surface area contributed by atoms with E-state index in [-0.39, 0.29) is 12.6 Å². The molecule has 2 amide bonds. The van der Waals surface area contributed by atoms with Crippen LogP contribution in [0.4, 0.5) is 10.5 Å². The molecule has 0 saturated heterocycles. The zero-order chi connectivity index (χ0) is 17.5. The number of carbonyl (C=O) groups excluding carboxylic acids is 1. The maximum absolute atomic E-state index is 12.4. The Hall–Kier alpha value is -2.53. The maximum atomic E-state index is 12.4. The number of urea groups is 1. The number of rotatable bonds is 6. The van der Waals surface area contributed by atoms with Crippen molar-refractivity contribution in [3.05, 3.63) is 59.7 Å². The van der Waals surface area contributed by atoms with Crippen LogP contribution in [0.1, 0.15) is 24.2 Å². The number of aliphatic hydroxyl groups is 1. The molecular weight excluding hydrogens is 304 g/mol. The molecule has 0 heterocycles. The average molecular weight is 328 g/mol. The maximum Gasteiger partial charge on any atom is 0.321 e. The molecule has 0 aliphatic heterocycles. The van der Waals surface area contributed by atoms with E-state index >= 15 is 0 Å². The molecule has 2 aromatic carbocycles. The highest BCUT2D eigenvalue weighted by Gasteiger charge is 2.17. The standard InChI is InChI=1S/C19H24N2O3/c1-4-21(13-18(22)15-10-8-14(2)9-11-15)19(23)20-16-6-5-7-17(12-16)24-3/h5-12,18,22H,4,13H2,1-3H3,(H,20,23). The van der Waals surface area contributed by atoms with E-state index in [9.17, 15) is 9.90 Å². The van der Waals surface area contributed by atoms with Crippen molar-refractivity contribution in [3.63, 3.8) is 0 Å². The highest BCUT2D eigenvalue weighted by atomic mass is 16.5. The van der Waals surface area contributed by atoms with Gasteiger partial charge in [-0.25, -0.2) is 4.79 Å². The summed E-state index contributed by atoms with van der Waals surface area (Å²) in [5.41, 5.74) is 2.59. The molecule has 0 fully saturated rings. The van der Waals surface area contributed by atoms with Crippen LogP contribution in [0.15, 0.2) is 48.5 Å². The molecule has 0 aliphatic carbocycles. The van der Waals surface area contributed by atoms with Gasteiger partial charge in [0.25, 0.3) is 0 Å². The Kier molecular flexibility index (Phi) is 6.21. The minimum atomic E-state index is -0.721. The van der Waals surface area contributed by atoms with Gasteiger partial charge < -0.3 is 20.1 Å². The number of anilines is 1. The number of carbonyl (C=O) groups is 1. The molecule has 0 bridgehead atoms. The van der Waals surface area contributed by atoms with Gasteiger partial charge in [0.15, 0.2) is 0 Å². The fourth-order valence-corrected chi connectivity index (χ4v) is 2.36. The molecule has 5 heteroatoms. The Morgan fingerprint density at radius 1 is 1.25 bits per heavy atom. The predicted octanol–water partition coefficient (Wildman–Crippen LogP) is 3.59. The number of aryl methyl sites for hydroxylation is 1. The lowest BCUT2D eigenvalue weighted by molar-refractivity contribution is 0.128. The monoisotopic (exact) mass is 328 g/mol. The van der Waals surface area contributed by atoms with Gasteiger partial charge in [-0.3, -0.25) is 0 Å². The Morgan fingerprint density at radius 3 is 2.58 bits per heavy atom. The second-order valence-electron chi connectivity index (χ2n) is 5.63. The van der Waals surface area contributed by atoms with Gasteiger partial charge in [0.1, 0.15) is 5.75 Å². The van der Waals surface area contributed by atoms with Crippen molar-refractivity contribution in [1.82, 2.24) is 4.90 Å². The van der Waals surface area contributed by atoms with E-state index in [0.717, 1.165) is 11.1 Å². The number of ether oxygens (including phenoxy) is 1. The first-order chi connectivity index (χ1) is 11.5. The number of nitrogens with one attached hydrogen (secondary N) is 1. The number of aliphatic hydroxyl groups excluding tert-OH is 1. The first-order valence-corrected chi connectivity index (χ1v) is 7.98. The smallest absolute Gasteiger partial charge is 0.321 e. The predicted molar refractivity (Wildman–Crippen MR) is 95.4 cm³/mol. The number of likely N-dealkylation sites (N-methyl/N-ethyl adjacent to an activating group) is 1. The van der Waals surface area contributed by atoms with Crippen LogP contribution in [0.3, 0.4) is 0 Å². The summed E-state index contributed by atoms with van der Waals surface area (Å²) < 4.78 is 5.15. The fraction of sp³-hybridized carbons (Fsp3) is 0.316. The van der Waals surface area contributed by atoms with Crippen LogP contribution in [-0.4, -0.2) is 36.2 Å². The topological polar surface area (TPSA) is 61.8 Å². The Balaban J connectivity index is 2.01. The van der Waals surface area contributed by atoms with Gasteiger partial charge in [0, 0.05) is 18.3 Å². The molecule has 1 unspecified atom stereocenters. The van der Waals surface area contributed by atoms with Gasteiger partial charge in [0.05, 0.1) is 19.8 Å². The lowest BCUT2D eigenvalue weighted by Crippen LogP contribution is -2.37. The fourth-order valence-electron chi connectivity index (χ4n) is 2.36. The summed E-state index contributed by atoms with van der Waals surface area (Å²) in [6.07, 6.45) is -0.721. The van der Waals surface area contributed by atoms with Gasteiger partial charge in [-0.2, -0.15) is 0 Å². The first kappa shape index (κ1) is 17.8. The summed E-state index contributed by atoms with van der Waals surface area (Å²) in [5.74, 6) is 0.676. The summed E-state index contributed by atoms with van der Waals surface area (Å²) in [6, 6.07) is 14.6. The minimum Gasteiger partial charge on any atom is -0.497 e. The second-order valence-corrected chi connectivity index (χ2v) is 5.63. The molecule has 1 atom stereocenters. The van der Waals surface area contributed by atoms with Crippen LogP contribution < -0.4 is 10.1 Å². The molecule has 128 valence electrons. The van der Waals surface area contributed by atoms with Crippen molar-refractivity contribution in [2.24, 2.45) is 0 Å². The van der Waals surface area contributed by atoms with Crippen LogP contribution in [-0.2, 0) is 0 Å². The van der Waals surface area contributed by atoms with Crippen LogP contribution in [0.2, 0.25) is 0 Å². The van der Waals surface area contributed by atoms with Crippen LogP contribution >= 0.6 is 0 Å². The van der Waals surface area contributed by atoms with E-state index in [1.807, 2.05) is 50.2 Å². The van der Waals surface area contributed by atoms with Crippen molar-refractivity contribution >= 4 is 11.7 Å². The lowest BCUT2D eigenvalue weighted by Gasteiger charge is -2.24. The molecule has 2 aromatic rings. The third-order valence-corrected chi connectivity index (χ3v) is 3.85. The van der Waals surface area contributed by atoms with Gasteiger partial charge in [0.2, 0.25) is 0 Å². The van der Waals surface area contributed by atoms with E-state index in [1.165, 1.54) is 0 Å².